The van der Waals surface area contributed by atoms with Gasteiger partial charge in [-0.15, -0.1) is 0 Å². The SMILES string of the molecule is CO[C@@H]1C[C@H](S(=O)(=O)c2ccc(-c3cnn(CCO)c3)cc2C(F)(F)F)C[C@H]1C(=O)NC1(C#N)CC1. The van der Waals surface area contributed by atoms with E-state index in [4.69, 9.17) is 9.84 Å². The molecule has 2 N–H and O–H groups in total. The van der Waals surface area contributed by atoms with Crippen LogP contribution in [0.25, 0.3) is 11.1 Å². The Morgan fingerprint density at radius 2 is 2.06 bits per heavy atom. The van der Waals surface area contributed by atoms with Crippen LogP contribution in [0.15, 0.2) is 35.5 Å². The Morgan fingerprint density at radius 1 is 1.33 bits per heavy atom. The summed E-state index contributed by atoms with van der Waals surface area (Å²) >= 11 is 0. The molecule has 1 heterocycles. The molecule has 4 rings (SSSR count). The summed E-state index contributed by atoms with van der Waals surface area (Å²) in [6, 6.07) is 5.00. The van der Waals surface area contributed by atoms with Crippen LogP contribution in [0.1, 0.15) is 31.2 Å². The van der Waals surface area contributed by atoms with E-state index in [0.29, 0.717) is 18.4 Å². The average molecular weight is 527 g/mol. The molecule has 1 aromatic heterocycles. The van der Waals surface area contributed by atoms with Crippen LogP contribution in [0, 0.1) is 17.2 Å². The van der Waals surface area contributed by atoms with E-state index in [2.05, 4.69) is 10.4 Å². The summed E-state index contributed by atoms with van der Waals surface area (Å²) in [5.74, 6) is -1.45. The predicted octanol–water partition coefficient (Wildman–Crippen LogP) is 2.30. The molecule has 3 atom stereocenters. The molecule has 0 saturated heterocycles. The number of aliphatic hydroxyl groups is 1. The van der Waals surface area contributed by atoms with Crippen LogP contribution in [0.4, 0.5) is 13.2 Å². The standard InChI is InChI=1S/C23H25F3N4O5S/c1-35-19-10-16(9-17(19)21(32)29-22(13-27)4-5-22)36(33,34)20-3-2-14(8-18(20)23(24,25)26)15-11-28-30(12-15)6-7-31/h2-3,8,11-12,16-17,19,31H,4-7,9-10H2,1H3,(H,29,32)/t16-,17-,19-/m1/s1. The summed E-state index contributed by atoms with van der Waals surface area (Å²) in [4.78, 5) is 11.9. The van der Waals surface area contributed by atoms with Gasteiger partial charge >= 0.3 is 6.18 Å². The molecule has 1 aromatic carbocycles. The van der Waals surface area contributed by atoms with Gasteiger partial charge in [0.1, 0.15) is 5.54 Å². The van der Waals surface area contributed by atoms with Crippen LogP contribution >= 0.6 is 0 Å². The van der Waals surface area contributed by atoms with Crippen molar-refractivity contribution >= 4 is 15.7 Å². The van der Waals surface area contributed by atoms with Crippen molar-refractivity contribution < 1.29 is 36.2 Å². The molecule has 13 heteroatoms. The molecule has 0 spiro atoms. The zero-order valence-corrected chi connectivity index (χ0v) is 20.1. The first-order chi connectivity index (χ1) is 16.9. The summed E-state index contributed by atoms with van der Waals surface area (Å²) in [6.07, 6.45) is -2.38. The van der Waals surface area contributed by atoms with E-state index in [1.165, 1.54) is 30.3 Å². The van der Waals surface area contributed by atoms with Crippen LogP contribution < -0.4 is 5.32 Å². The number of aromatic nitrogens is 2. The Morgan fingerprint density at radius 3 is 2.64 bits per heavy atom. The number of sulfone groups is 1. The third-order valence-electron chi connectivity index (χ3n) is 6.75. The monoisotopic (exact) mass is 526 g/mol. The first kappa shape index (κ1) is 26.1. The Hall–Kier alpha value is -2.95. The quantitative estimate of drug-likeness (QED) is 0.539. The van der Waals surface area contributed by atoms with Gasteiger partial charge in [-0.3, -0.25) is 9.48 Å². The van der Waals surface area contributed by atoms with Crippen molar-refractivity contribution in [2.75, 3.05) is 13.7 Å². The van der Waals surface area contributed by atoms with E-state index in [1.54, 1.807) is 0 Å². The highest BCUT2D eigenvalue weighted by molar-refractivity contribution is 7.92. The van der Waals surface area contributed by atoms with E-state index < -0.39 is 55.2 Å². The minimum absolute atomic E-state index is 0.121. The summed E-state index contributed by atoms with van der Waals surface area (Å²) in [7, 11) is -3.19. The second kappa shape index (κ2) is 9.49. The predicted molar refractivity (Wildman–Crippen MR) is 120 cm³/mol. The lowest BCUT2D eigenvalue weighted by molar-refractivity contribution is -0.139. The number of carbonyl (C=O) groups excluding carboxylic acids is 1. The normalized spacial score (nSPS) is 23.3. The molecule has 2 saturated carbocycles. The van der Waals surface area contributed by atoms with Gasteiger partial charge in [0.2, 0.25) is 5.91 Å². The number of hydrogen-bond acceptors (Lipinski definition) is 7. The molecule has 2 aliphatic rings. The van der Waals surface area contributed by atoms with E-state index in [0.717, 1.165) is 12.1 Å². The molecular weight excluding hydrogens is 501 g/mol. The molecule has 2 aromatic rings. The zero-order valence-electron chi connectivity index (χ0n) is 19.3. The highest BCUT2D eigenvalue weighted by atomic mass is 32.2. The average Bonchev–Trinajstić information content (AvgIpc) is 3.23. The van der Waals surface area contributed by atoms with Crippen molar-refractivity contribution in [1.29, 1.82) is 5.26 Å². The fourth-order valence-electron chi connectivity index (χ4n) is 4.56. The van der Waals surface area contributed by atoms with Gasteiger partial charge in [0.25, 0.3) is 0 Å². The number of rotatable bonds is 8. The fourth-order valence-corrected chi connectivity index (χ4v) is 6.56. The number of methoxy groups -OCH3 is 1. The molecule has 36 heavy (non-hydrogen) atoms. The Kier molecular flexibility index (Phi) is 6.89. The van der Waals surface area contributed by atoms with Crippen molar-refractivity contribution in [3.8, 4) is 17.2 Å². The molecule has 0 aliphatic heterocycles. The van der Waals surface area contributed by atoms with Gasteiger partial charge in [-0.2, -0.15) is 23.5 Å². The Labute approximate surface area is 205 Å². The van der Waals surface area contributed by atoms with Crippen molar-refractivity contribution in [2.45, 2.75) is 60.2 Å². The molecule has 9 nitrogen and oxygen atoms in total. The van der Waals surface area contributed by atoms with E-state index in [1.807, 2.05) is 6.07 Å². The maximum absolute atomic E-state index is 14.0. The van der Waals surface area contributed by atoms with E-state index >= 15 is 0 Å². The Bertz CT molecular complexity index is 1300. The minimum Gasteiger partial charge on any atom is -0.394 e. The van der Waals surface area contributed by atoms with E-state index in [9.17, 15) is 31.6 Å². The maximum Gasteiger partial charge on any atom is 0.417 e. The lowest BCUT2D eigenvalue weighted by atomic mass is 10.0. The van der Waals surface area contributed by atoms with Crippen LogP contribution in [0.2, 0.25) is 0 Å². The lowest BCUT2D eigenvalue weighted by Gasteiger charge is -2.19. The number of amides is 1. The van der Waals surface area contributed by atoms with Gasteiger partial charge in [0.05, 0.1) is 53.1 Å². The smallest absolute Gasteiger partial charge is 0.394 e. The van der Waals surface area contributed by atoms with E-state index in [-0.39, 0.29) is 31.6 Å². The molecule has 2 aliphatic carbocycles. The third kappa shape index (κ3) is 4.98. The second-order valence-corrected chi connectivity index (χ2v) is 11.3. The van der Waals surface area contributed by atoms with Crippen LogP contribution in [-0.4, -0.2) is 59.8 Å². The number of halogens is 3. The molecule has 0 bridgehead atoms. The number of nitrogens with one attached hydrogen (secondary N) is 1. The van der Waals surface area contributed by atoms with Crippen LogP contribution in [-0.2, 0) is 32.1 Å². The number of aliphatic hydroxyl groups excluding tert-OH is 1. The van der Waals surface area contributed by atoms with Gasteiger partial charge in [-0.1, -0.05) is 6.07 Å². The molecule has 1 amide bonds. The summed E-state index contributed by atoms with van der Waals surface area (Å²) in [5.41, 5.74) is -1.81. The number of carbonyl (C=O) groups is 1. The maximum atomic E-state index is 14.0. The summed E-state index contributed by atoms with van der Waals surface area (Å²) < 4.78 is 75.6. The highest BCUT2D eigenvalue weighted by Crippen LogP contribution is 2.43. The first-order valence-corrected chi connectivity index (χ1v) is 12.8. The lowest BCUT2D eigenvalue weighted by Crippen LogP contribution is -2.42. The minimum atomic E-state index is -4.96. The Balaban J connectivity index is 1.64. The number of nitriles is 1. The third-order valence-corrected chi connectivity index (χ3v) is 8.98. The van der Waals surface area contributed by atoms with Crippen LogP contribution in [0.5, 0.6) is 0 Å². The molecule has 194 valence electrons. The van der Waals surface area contributed by atoms with Crippen molar-refractivity contribution in [2.24, 2.45) is 5.92 Å². The summed E-state index contributed by atoms with van der Waals surface area (Å²) in [6.45, 7) is -0.0440. The fraction of sp³-hybridized carbons (Fsp3) is 0.522. The number of benzene rings is 1. The van der Waals surface area contributed by atoms with Gasteiger partial charge in [0.15, 0.2) is 9.84 Å². The second-order valence-electron chi connectivity index (χ2n) is 9.13. The number of alkyl halides is 3. The zero-order chi connectivity index (χ0) is 26.3. The number of nitrogens with zero attached hydrogens (tertiary/aromatic N) is 3. The van der Waals surface area contributed by atoms with Crippen molar-refractivity contribution in [3.05, 3.63) is 36.2 Å². The number of ether oxygens (including phenoxy) is 1. The molecule has 0 unspecified atom stereocenters. The van der Waals surface area contributed by atoms with Gasteiger partial charge in [-0.25, -0.2) is 8.42 Å². The number of hydrogen-bond donors (Lipinski definition) is 2. The highest BCUT2D eigenvalue weighted by Gasteiger charge is 2.51. The largest absolute Gasteiger partial charge is 0.417 e. The van der Waals surface area contributed by atoms with Gasteiger partial charge < -0.3 is 15.2 Å². The summed E-state index contributed by atoms with van der Waals surface area (Å²) in [5, 5.41) is 23.6. The van der Waals surface area contributed by atoms with Gasteiger partial charge in [0, 0.05) is 18.9 Å². The first-order valence-electron chi connectivity index (χ1n) is 11.3. The van der Waals surface area contributed by atoms with Crippen molar-refractivity contribution in [3.63, 3.8) is 0 Å². The van der Waals surface area contributed by atoms with Crippen LogP contribution in [0.3, 0.4) is 0 Å². The molecule has 0 radical (unpaired) electrons. The molecule has 2 fully saturated rings. The molecular formula is C23H25F3N4O5S. The van der Waals surface area contributed by atoms with Gasteiger partial charge in [-0.05, 0) is 43.4 Å². The topological polar surface area (TPSA) is 134 Å². The van der Waals surface area contributed by atoms with Crippen molar-refractivity contribution in [1.82, 2.24) is 15.1 Å².